The Kier molecular flexibility index (Phi) is 4.26. The highest BCUT2D eigenvalue weighted by Gasteiger charge is 2.41. The third-order valence-corrected chi connectivity index (χ3v) is 3.33. The van der Waals surface area contributed by atoms with Crippen molar-refractivity contribution >= 4 is 17.7 Å². The smallest absolute Gasteiger partial charge is 0.232 e. The second kappa shape index (κ2) is 5.29. The van der Waals surface area contributed by atoms with Crippen LogP contribution < -0.4 is 0 Å². The lowest BCUT2D eigenvalue weighted by Crippen LogP contribution is -2.32. The van der Waals surface area contributed by atoms with Gasteiger partial charge in [0, 0.05) is 38.9 Å². The van der Waals surface area contributed by atoms with Gasteiger partial charge in [-0.2, -0.15) is 0 Å². The van der Waals surface area contributed by atoms with Crippen LogP contribution in [0.4, 0.5) is 0 Å². The lowest BCUT2D eigenvalue weighted by molar-refractivity contribution is -0.140. The highest BCUT2D eigenvalue weighted by Crippen LogP contribution is 2.25. The van der Waals surface area contributed by atoms with Gasteiger partial charge in [0.25, 0.3) is 0 Å². The summed E-state index contributed by atoms with van der Waals surface area (Å²) in [5, 5.41) is 0. The maximum absolute atomic E-state index is 11.7. The molecule has 1 heterocycles. The molecule has 0 aromatic carbocycles. The van der Waals surface area contributed by atoms with Crippen molar-refractivity contribution in [2.75, 3.05) is 20.6 Å². The van der Waals surface area contributed by atoms with Gasteiger partial charge >= 0.3 is 0 Å². The monoisotopic (exact) mass is 240 g/mol. The number of hydrogen-bond acceptors (Lipinski definition) is 3. The number of likely N-dealkylation sites (tertiary alicyclic amines) is 1. The SMILES string of the molecule is CC1C(=O)N(CCCC(=O)N(C)C)C(=O)C1C. The predicted molar refractivity (Wildman–Crippen MR) is 63.0 cm³/mol. The van der Waals surface area contributed by atoms with Gasteiger partial charge in [-0.3, -0.25) is 19.3 Å². The Morgan fingerprint density at radius 1 is 1.18 bits per heavy atom. The van der Waals surface area contributed by atoms with E-state index in [1.165, 1.54) is 9.80 Å². The first-order chi connectivity index (χ1) is 7.86. The molecule has 17 heavy (non-hydrogen) atoms. The van der Waals surface area contributed by atoms with E-state index in [1.807, 2.05) is 0 Å². The summed E-state index contributed by atoms with van der Waals surface area (Å²) in [6.07, 6.45) is 0.904. The number of carbonyl (C=O) groups is 3. The molecule has 1 fully saturated rings. The quantitative estimate of drug-likeness (QED) is 0.672. The third kappa shape index (κ3) is 2.84. The Labute approximate surface area is 102 Å². The molecule has 96 valence electrons. The molecule has 1 saturated heterocycles. The number of rotatable bonds is 4. The van der Waals surface area contributed by atoms with E-state index in [-0.39, 0.29) is 29.6 Å². The standard InChI is InChI=1S/C12H20N2O3/c1-8-9(2)12(17)14(11(8)16)7-5-6-10(15)13(3)4/h8-9H,5-7H2,1-4H3. The first-order valence-corrected chi connectivity index (χ1v) is 5.91. The molecule has 0 N–H and O–H groups in total. The third-order valence-electron chi connectivity index (χ3n) is 3.33. The molecular weight excluding hydrogens is 220 g/mol. The average Bonchev–Trinajstić information content (AvgIpc) is 2.46. The molecule has 0 bridgehead atoms. The first-order valence-electron chi connectivity index (χ1n) is 5.91. The van der Waals surface area contributed by atoms with Crippen molar-refractivity contribution in [1.82, 2.24) is 9.80 Å². The Morgan fingerprint density at radius 2 is 1.65 bits per heavy atom. The zero-order chi connectivity index (χ0) is 13.2. The minimum atomic E-state index is -0.230. The Hall–Kier alpha value is -1.39. The molecule has 2 atom stereocenters. The zero-order valence-corrected chi connectivity index (χ0v) is 10.9. The van der Waals surface area contributed by atoms with E-state index in [1.54, 1.807) is 27.9 Å². The normalized spacial score (nSPS) is 24.4. The molecular formula is C12H20N2O3. The lowest BCUT2D eigenvalue weighted by Gasteiger charge is -2.15. The van der Waals surface area contributed by atoms with E-state index in [0.29, 0.717) is 19.4 Å². The molecule has 0 spiro atoms. The zero-order valence-electron chi connectivity index (χ0n) is 10.9. The van der Waals surface area contributed by atoms with Crippen LogP contribution in [0, 0.1) is 11.8 Å². The largest absolute Gasteiger partial charge is 0.349 e. The van der Waals surface area contributed by atoms with Crippen molar-refractivity contribution in [2.45, 2.75) is 26.7 Å². The number of amides is 3. The van der Waals surface area contributed by atoms with Crippen LogP contribution in [0.15, 0.2) is 0 Å². The summed E-state index contributed by atoms with van der Waals surface area (Å²) in [5.74, 6) is -0.663. The molecule has 5 nitrogen and oxygen atoms in total. The van der Waals surface area contributed by atoms with E-state index < -0.39 is 0 Å². The van der Waals surface area contributed by atoms with Gasteiger partial charge in [-0.05, 0) is 6.42 Å². The maximum atomic E-state index is 11.7. The van der Waals surface area contributed by atoms with Gasteiger partial charge in [-0.15, -0.1) is 0 Å². The van der Waals surface area contributed by atoms with Gasteiger partial charge in [0.2, 0.25) is 17.7 Å². The van der Waals surface area contributed by atoms with Gasteiger partial charge in [0.15, 0.2) is 0 Å². The maximum Gasteiger partial charge on any atom is 0.232 e. The van der Waals surface area contributed by atoms with E-state index in [2.05, 4.69) is 0 Å². The molecule has 1 aliphatic rings. The molecule has 2 unspecified atom stereocenters. The first kappa shape index (κ1) is 13.7. The number of imide groups is 1. The van der Waals surface area contributed by atoms with E-state index in [4.69, 9.17) is 0 Å². The van der Waals surface area contributed by atoms with Crippen molar-refractivity contribution in [1.29, 1.82) is 0 Å². The van der Waals surface area contributed by atoms with E-state index >= 15 is 0 Å². The Bertz CT molecular complexity index is 319. The predicted octanol–water partition coefficient (Wildman–Crippen LogP) is 0.496. The second-order valence-electron chi connectivity index (χ2n) is 4.80. The molecule has 1 aliphatic heterocycles. The van der Waals surface area contributed by atoms with Gasteiger partial charge in [-0.25, -0.2) is 0 Å². The summed E-state index contributed by atoms with van der Waals surface area (Å²) in [6.45, 7) is 3.90. The summed E-state index contributed by atoms with van der Waals surface area (Å²) < 4.78 is 0. The minimum absolute atomic E-state index is 0.0187. The molecule has 0 saturated carbocycles. The fraction of sp³-hybridized carbons (Fsp3) is 0.750. The van der Waals surface area contributed by atoms with Crippen LogP contribution in [-0.2, 0) is 14.4 Å². The Balaban J connectivity index is 2.45. The van der Waals surface area contributed by atoms with Crippen molar-refractivity contribution < 1.29 is 14.4 Å². The number of hydrogen-bond donors (Lipinski definition) is 0. The number of nitrogens with zero attached hydrogens (tertiary/aromatic N) is 2. The summed E-state index contributed by atoms with van der Waals surface area (Å²) in [4.78, 5) is 37.6. The van der Waals surface area contributed by atoms with Gasteiger partial charge in [0.05, 0.1) is 0 Å². The number of carbonyl (C=O) groups excluding carboxylic acids is 3. The molecule has 0 aromatic heterocycles. The minimum Gasteiger partial charge on any atom is -0.349 e. The molecule has 0 aliphatic carbocycles. The van der Waals surface area contributed by atoms with E-state index in [0.717, 1.165) is 0 Å². The summed E-state index contributed by atoms with van der Waals surface area (Å²) in [5.41, 5.74) is 0. The molecule has 0 radical (unpaired) electrons. The Morgan fingerprint density at radius 3 is 2.06 bits per heavy atom. The van der Waals surface area contributed by atoms with Crippen LogP contribution in [0.25, 0.3) is 0 Å². The van der Waals surface area contributed by atoms with Crippen molar-refractivity contribution in [3.8, 4) is 0 Å². The van der Waals surface area contributed by atoms with Crippen LogP contribution in [0.2, 0.25) is 0 Å². The fourth-order valence-corrected chi connectivity index (χ4v) is 1.86. The summed E-state index contributed by atoms with van der Waals surface area (Å²) in [6, 6.07) is 0. The average molecular weight is 240 g/mol. The second-order valence-corrected chi connectivity index (χ2v) is 4.80. The van der Waals surface area contributed by atoms with Crippen LogP contribution in [-0.4, -0.2) is 48.2 Å². The highest BCUT2D eigenvalue weighted by atomic mass is 16.2. The molecule has 5 heteroatoms. The van der Waals surface area contributed by atoms with Crippen molar-refractivity contribution in [2.24, 2.45) is 11.8 Å². The van der Waals surface area contributed by atoms with Gasteiger partial charge in [0.1, 0.15) is 0 Å². The van der Waals surface area contributed by atoms with E-state index in [9.17, 15) is 14.4 Å². The summed E-state index contributed by atoms with van der Waals surface area (Å²) in [7, 11) is 3.39. The molecule has 1 rings (SSSR count). The van der Waals surface area contributed by atoms with Gasteiger partial charge < -0.3 is 4.90 Å². The van der Waals surface area contributed by atoms with Crippen LogP contribution in [0.1, 0.15) is 26.7 Å². The lowest BCUT2D eigenvalue weighted by atomic mass is 10.00. The fourth-order valence-electron chi connectivity index (χ4n) is 1.86. The van der Waals surface area contributed by atoms with Crippen LogP contribution in [0.5, 0.6) is 0 Å². The van der Waals surface area contributed by atoms with Crippen LogP contribution >= 0.6 is 0 Å². The summed E-state index contributed by atoms with van der Waals surface area (Å²) >= 11 is 0. The van der Waals surface area contributed by atoms with Crippen molar-refractivity contribution in [3.63, 3.8) is 0 Å². The topological polar surface area (TPSA) is 57.7 Å². The van der Waals surface area contributed by atoms with Crippen molar-refractivity contribution in [3.05, 3.63) is 0 Å². The molecule has 0 aromatic rings. The highest BCUT2D eigenvalue weighted by molar-refractivity contribution is 6.04. The molecule has 3 amide bonds. The van der Waals surface area contributed by atoms with Gasteiger partial charge in [-0.1, -0.05) is 13.8 Å². The van der Waals surface area contributed by atoms with Crippen LogP contribution in [0.3, 0.4) is 0 Å².